The second-order valence-electron chi connectivity index (χ2n) is 5.21. The van der Waals surface area contributed by atoms with E-state index in [-0.39, 0.29) is 16.7 Å². The number of carbonyl (C=O) groups excluding carboxylic acids is 1. The number of rotatable bonds is 6. The Balaban J connectivity index is 1.63. The number of hydrogen-bond acceptors (Lipinski definition) is 8. The molecule has 1 aromatic carbocycles. The summed E-state index contributed by atoms with van der Waals surface area (Å²) >= 11 is 6.71. The number of ether oxygens (including phenoxy) is 1. The first-order valence-corrected chi connectivity index (χ1v) is 8.83. The first-order valence-electron chi connectivity index (χ1n) is 7.57. The van der Waals surface area contributed by atoms with Gasteiger partial charge in [-0.3, -0.25) is 9.59 Å². The monoisotopic (exact) mass is 405 g/mol. The number of nitrogens with one attached hydrogen (secondary N) is 1. The van der Waals surface area contributed by atoms with E-state index in [4.69, 9.17) is 21.4 Å². The highest BCUT2D eigenvalue weighted by molar-refractivity contribution is 8.15. The molecule has 1 fully saturated rings. The molecule has 27 heavy (non-hydrogen) atoms. The first-order chi connectivity index (χ1) is 13.0. The molecular weight excluding hydrogens is 394 g/mol. The smallest absolute Gasteiger partial charge is 0.305 e. The number of hydrogen-bond donors (Lipinski definition) is 2. The van der Waals surface area contributed by atoms with Gasteiger partial charge in [-0.15, -0.1) is 15.3 Å². The maximum Gasteiger partial charge on any atom is 0.305 e. The lowest BCUT2D eigenvalue weighted by Gasteiger charge is -2.04. The SMILES string of the molecule is O=C(O)CC1SC(=NN=Cc2cccc(Oc3ccc(Cl)nn3)c2)NC1=O. The van der Waals surface area contributed by atoms with E-state index < -0.39 is 17.1 Å². The molecule has 0 saturated carbocycles. The molecule has 0 radical (unpaired) electrons. The number of thioether (sulfide) groups is 1. The molecule has 3 rings (SSSR count). The molecule has 1 atom stereocenters. The zero-order valence-electron chi connectivity index (χ0n) is 13.6. The number of carboxylic acid groups (broad SMARTS) is 1. The minimum atomic E-state index is -1.05. The van der Waals surface area contributed by atoms with Crippen molar-refractivity contribution < 1.29 is 19.4 Å². The summed E-state index contributed by atoms with van der Waals surface area (Å²) in [5.41, 5.74) is 0.704. The van der Waals surface area contributed by atoms with Crippen LogP contribution < -0.4 is 10.1 Å². The van der Waals surface area contributed by atoms with Gasteiger partial charge in [-0.25, -0.2) is 0 Å². The van der Waals surface area contributed by atoms with Crippen molar-refractivity contribution in [1.29, 1.82) is 0 Å². The Bertz CT molecular complexity index is 919. The molecule has 9 nitrogen and oxygen atoms in total. The van der Waals surface area contributed by atoms with Crippen molar-refractivity contribution in [2.24, 2.45) is 10.2 Å². The largest absolute Gasteiger partial charge is 0.481 e. The normalized spacial score (nSPS) is 18.0. The molecule has 1 aromatic heterocycles. The van der Waals surface area contributed by atoms with Crippen molar-refractivity contribution in [3.63, 3.8) is 0 Å². The highest BCUT2D eigenvalue weighted by atomic mass is 35.5. The van der Waals surface area contributed by atoms with Gasteiger partial charge in [0.05, 0.1) is 12.6 Å². The summed E-state index contributed by atoms with van der Waals surface area (Å²) in [5.74, 6) is -0.623. The number of carboxylic acids is 1. The molecule has 2 aromatic rings. The average Bonchev–Trinajstić information content (AvgIpc) is 2.96. The van der Waals surface area contributed by atoms with Gasteiger partial charge in [0.15, 0.2) is 10.3 Å². The molecule has 0 bridgehead atoms. The number of carbonyl (C=O) groups is 2. The molecule has 0 aliphatic carbocycles. The Kier molecular flexibility index (Phi) is 5.99. The maximum atomic E-state index is 11.6. The summed E-state index contributed by atoms with van der Waals surface area (Å²) in [6, 6.07) is 10.2. The van der Waals surface area contributed by atoms with E-state index in [0.717, 1.165) is 11.8 Å². The lowest BCUT2D eigenvalue weighted by atomic mass is 10.2. The van der Waals surface area contributed by atoms with Gasteiger partial charge in [-0.1, -0.05) is 35.5 Å². The molecule has 1 unspecified atom stereocenters. The Morgan fingerprint density at radius 3 is 2.96 bits per heavy atom. The number of aromatic nitrogens is 2. The minimum absolute atomic E-state index is 0.256. The van der Waals surface area contributed by atoms with Crippen molar-refractivity contribution in [2.75, 3.05) is 0 Å². The van der Waals surface area contributed by atoms with E-state index in [9.17, 15) is 9.59 Å². The third kappa shape index (κ3) is 5.50. The Hall–Kier alpha value is -2.98. The molecule has 0 spiro atoms. The van der Waals surface area contributed by atoms with Crippen LogP contribution in [0.4, 0.5) is 0 Å². The van der Waals surface area contributed by atoms with Crippen molar-refractivity contribution in [2.45, 2.75) is 11.7 Å². The second-order valence-corrected chi connectivity index (χ2v) is 6.79. The number of amidine groups is 1. The summed E-state index contributed by atoms with van der Waals surface area (Å²) < 4.78 is 5.57. The van der Waals surface area contributed by atoms with Gasteiger partial charge in [-0.2, -0.15) is 5.10 Å². The van der Waals surface area contributed by atoms with Crippen LogP contribution in [0.5, 0.6) is 11.6 Å². The Morgan fingerprint density at radius 1 is 1.37 bits per heavy atom. The van der Waals surface area contributed by atoms with E-state index in [1.165, 1.54) is 6.21 Å². The van der Waals surface area contributed by atoms with E-state index in [2.05, 4.69) is 25.7 Å². The van der Waals surface area contributed by atoms with Crippen LogP contribution in [-0.4, -0.2) is 43.8 Å². The van der Waals surface area contributed by atoms with Crippen molar-refractivity contribution in [1.82, 2.24) is 15.5 Å². The molecular formula is C16H12ClN5O4S. The topological polar surface area (TPSA) is 126 Å². The molecule has 1 aliphatic rings. The molecule has 1 saturated heterocycles. The third-order valence-corrected chi connectivity index (χ3v) is 4.45. The molecule has 1 amide bonds. The third-order valence-electron chi connectivity index (χ3n) is 3.18. The highest BCUT2D eigenvalue weighted by Gasteiger charge is 2.32. The average molecular weight is 406 g/mol. The lowest BCUT2D eigenvalue weighted by Crippen LogP contribution is -2.26. The van der Waals surface area contributed by atoms with E-state index in [0.29, 0.717) is 17.2 Å². The first kappa shape index (κ1) is 18.8. The zero-order valence-corrected chi connectivity index (χ0v) is 15.1. The van der Waals surface area contributed by atoms with Gasteiger partial charge >= 0.3 is 5.97 Å². The standard InChI is InChI=1S/C16H12ClN5O4S/c17-12-4-5-13(21-20-12)26-10-3-1-2-9(6-10)8-18-22-16-19-15(25)11(27-16)7-14(23)24/h1-6,8,11H,7H2,(H,23,24)(H,19,22,25). The predicted octanol–water partition coefficient (Wildman–Crippen LogP) is 2.32. The number of aliphatic carboxylic acids is 1. The highest BCUT2D eigenvalue weighted by Crippen LogP contribution is 2.23. The van der Waals surface area contributed by atoms with Gasteiger partial charge in [0, 0.05) is 6.07 Å². The van der Waals surface area contributed by atoms with Gasteiger partial charge in [0.1, 0.15) is 11.0 Å². The molecule has 138 valence electrons. The van der Waals surface area contributed by atoms with Crippen LogP contribution in [0.1, 0.15) is 12.0 Å². The fraction of sp³-hybridized carbons (Fsp3) is 0.125. The number of halogens is 1. The summed E-state index contributed by atoms with van der Waals surface area (Å²) in [7, 11) is 0. The zero-order chi connectivity index (χ0) is 19.2. The van der Waals surface area contributed by atoms with Crippen LogP contribution in [0.15, 0.2) is 46.6 Å². The number of amides is 1. The molecule has 1 aliphatic heterocycles. The predicted molar refractivity (Wildman–Crippen MR) is 100 cm³/mol. The van der Waals surface area contributed by atoms with Gasteiger partial charge in [0.25, 0.3) is 0 Å². The van der Waals surface area contributed by atoms with Crippen LogP contribution in [0.25, 0.3) is 0 Å². The molecule has 2 N–H and O–H groups in total. The fourth-order valence-corrected chi connectivity index (χ4v) is 3.05. The van der Waals surface area contributed by atoms with Gasteiger partial charge in [0.2, 0.25) is 11.8 Å². The Labute approximate surface area is 162 Å². The summed E-state index contributed by atoms with van der Waals surface area (Å²) in [4.78, 5) is 22.3. The van der Waals surface area contributed by atoms with E-state index in [1.54, 1.807) is 36.4 Å². The van der Waals surface area contributed by atoms with Crippen molar-refractivity contribution in [3.8, 4) is 11.6 Å². The van der Waals surface area contributed by atoms with Gasteiger partial charge < -0.3 is 15.2 Å². The number of benzene rings is 1. The van der Waals surface area contributed by atoms with Crippen LogP contribution in [0.2, 0.25) is 5.15 Å². The molecule has 2 heterocycles. The number of nitrogens with zero attached hydrogens (tertiary/aromatic N) is 4. The van der Waals surface area contributed by atoms with Crippen molar-refractivity contribution in [3.05, 3.63) is 47.1 Å². The maximum absolute atomic E-state index is 11.6. The fourth-order valence-electron chi connectivity index (χ4n) is 2.03. The summed E-state index contributed by atoms with van der Waals surface area (Å²) in [6.45, 7) is 0. The quantitative estimate of drug-likeness (QED) is 0.557. The second kappa shape index (κ2) is 8.60. The minimum Gasteiger partial charge on any atom is -0.481 e. The lowest BCUT2D eigenvalue weighted by molar-refractivity contribution is -0.138. The molecule has 11 heteroatoms. The van der Waals surface area contributed by atoms with E-state index >= 15 is 0 Å². The van der Waals surface area contributed by atoms with E-state index in [1.807, 2.05) is 0 Å². The van der Waals surface area contributed by atoms with Crippen LogP contribution in [0, 0.1) is 0 Å². The van der Waals surface area contributed by atoms with Gasteiger partial charge in [-0.05, 0) is 23.8 Å². The van der Waals surface area contributed by atoms with Crippen LogP contribution in [-0.2, 0) is 9.59 Å². The summed E-state index contributed by atoms with van der Waals surface area (Å²) in [5, 5.41) is 26.4. The van der Waals surface area contributed by atoms with Crippen LogP contribution >= 0.6 is 23.4 Å². The Morgan fingerprint density at radius 2 is 2.22 bits per heavy atom. The summed E-state index contributed by atoms with van der Waals surface area (Å²) in [6.07, 6.45) is 1.21. The van der Waals surface area contributed by atoms with Crippen molar-refractivity contribution >= 4 is 46.6 Å². The van der Waals surface area contributed by atoms with Crippen LogP contribution in [0.3, 0.4) is 0 Å².